The Morgan fingerprint density at radius 3 is 2.72 bits per heavy atom. The number of halogens is 2. The number of benzene rings is 1. The third-order valence-electron chi connectivity index (χ3n) is 2.49. The first-order valence-electron chi connectivity index (χ1n) is 5.37. The second-order valence-electron chi connectivity index (χ2n) is 3.83. The molecule has 0 saturated heterocycles. The van der Waals surface area contributed by atoms with E-state index in [4.69, 9.17) is 0 Å². The lowest BCUT2D eigenvalue weighted by molar-refractivity contribution is 0.0939. The van der Waals surface area contributed by atoms with E-state index in [2.05, 4.69) is 37.2 Å². The molecular formula is C13H11Br2NOS. The SMILES string of the molecule is CC(NC(=O)c1ccc(Br)cc1Br)c1cccs1. The fourth-order valence-corrected chi connectivity index (χ4v) is 3.52. The fraction of sp³-hybridized carbons (Fsp3) is 0.154. The maximum Gasteiger partial charge on any atom is 0.252 e. The minimum absolute atomic E-state index is 0.0213. The molecule has 18 heavy (non-hydrogen) atoms. The van der Waals surface area contributed by atoms with Crippen molar-refractivity contribution in [1.29, 1.82) is 0 Å². The van der Waals surface area contributed by atoms with Crippen LogP contribution < -0.4 is 5.32 Å². The summed E-state index contributed by atoms with van der Waals surface area (Å²) in [6.07, 6.45) is 0. The predicted octanol–water partition coefficient (Wildman–Crippen LogP) is 4.76. The Balaban J connectivity index is 2.12. The van der Waals surface area contributed by atoms with Crippen LogP contribution in [0.1, 0.15) is 28.2 Å². The van der Waals surface area contributed by atoms with Gasteiger partial charge in [0.15, 0.2) is 0 Å². The van der Waals surface area contributed by atoms with Crippen LogP contribution >= 0.6 is 43.2 Å². The zero-order valence-electron chi connectivity index (χ0n) is 9.61. The Kier molecular flexibility index (Phi) is 4.59. The minimum Gasteiger partial charge on any atom is -0.345 e. The predicted molar refractivity (Wildman–Crippen MR) is 82.0 cm³/mol. The van der Waals surface area contributed by atoms with Gasteiger partial charge in [0.25, 0.3) is 5.91 Å². The molecule has 2 nitrogen and oxygen atoms in total. The largest absolute Gasteiger partial charge is 0.345 e. The van der Waals surface area contributed by atoms with E-state index in [-0.39, 0.29) is 11.9 Å². The van der Waals surface area contributed by atoms with Gasteiger partial charge in [0.2, 0.25) is 0 Å². The molecule has 1 aromatic heterocycles. The van der Waals surface area contributed by atoms with Gasteiger partial charge in [-0.1, -0.05) is 22.0 Å². The number of thiophene rings is 1. The molecule has 0 spiro atoms. The van der Waals surface area contributed by atoms with Gasteiger partial charge in [-0.2, -0.15) is 0 Å². The molecule has 5 heteroatoms. The number of nitrogens with one attached hydrogen (secondary N) is 1. The van der Waals surface area contributed by atoms with Gasteiger partial charge in [0, 0.05) is 13.8 Å². The molecule has 1 N–H and O–H groups in total. The molecule has 0 aliphatic rings. The first kappa shape index (κ1) is 13.8. The summed E-state index contributed by atoms with van der Waals surface area (Å²) in [6.45, 7) is 1.98. The van der Waals surface area contributed by atoms with Crippen LogP contribution in [0.3, 0.4) is 0 Å². The summed E-state index contributed by atoms with van der Waals surface area (Å²) >= 11 is 8.41. The smallest absolute Gasteiger partial charge is 0.252 e. The Labute approximate surface area is 127 Å². The molecule has 0 radical (unpaired) electrons. The van der Waals surface area contributed by atoms with E-state index >= 15 is 0 Å². The van der Waals surface area contributed by atoms with E-state index in [0.717, 1.165) is 13.8 Å². The van der Waals surface area contributed by atoms with Gasteiger partial charge in [-0.15, -0.1) is 11.3 Å². The Morgan fingerprint density at radius 1 is 1.33 bits per heavy atom. The van der Waals surface area contributed by atoms with Crippen molar-refractivity contribution in [2.75, 3.05) is 0 Å². The number of carbonyl (C=O) groups is 1. The highest BCUT2D eigenvalue weighted by molar-refractivity contribution is 9.11. The molecule has 1 heterocycles. The molecule has 1 unspecified atom stereocenters. The molecule has 1 amide bonds. The zero-order chi connectivity index (χ0) is 13.1. The van der Waals surface area contributed by atoms with Gasteiger partial charge in [0.05, 0.1) is 11.6 Å². The van der Waals surface area contributed by atoms with Crippen molar-refractivity contribution in [3.63, 3.8) is 0 Å². The molecule has 2 rings (SSSR count). The molecule has 1 atom stereocenters. The van der Waals surface area contributed by atoms with E-state index in [1.165, 1.54) is 0 Å². The molecule has 0 fully saturated rings. The van der Waals surface area contributed by atoms with Crippen molar-refractivity contribution < 1.29 is 4.79 Å². The first-order chi connectivity index (χ1) is 8.58. The van der Waals surface area contributed by atoms with Crippen LogP contribution in [0.5, 0.6) is 0 Å². The van der Waals surface area contributed by atoms with E-state index in [0.29, 0.717) is 5.56 Å². The molecule has 2 aromatic rings. The lowest BCUT2D eigenvalue weighted by atomic mass is 10.2. The van der Waals surface area contributed by atoms with Gasteiger partial charge in [-0.25, -0.2) is 0 Å². The summed E-state index contributed by atoms with van der Waals surface area (Å²) in [6, 6.07) is 9.54. The van der Waals surface area contributed by atoms with Crippen molar-refractivity contribution >= 4 is 49.1 Å². The molecule has 0 saturated carbocycles. The van der Waals surface area contributed by atoms with Crippen molar-refractivity contribution in [2.45, 2.75) is 13.0 Å². The fourth-order valence-electron chi connectivity index (χ4n) is 1.56. The van der Waals surface area contributed by atoms with E-state index in [1.54, 1.807) is 17.4 Å². The van der Waals surface area contributed by atoms with Gasteiger partial charge >= 0.3 is 0 Å². The monoisotopic (exact) mass is 387 g/mol. The first-order valence-corrected chi connectivity index (χ1v) is 7.84. The van der Waals surface area contributed by atoms with Gasteiger partial charge in [0.1, 0.15) is 0 Å². The molecule has 94 valence electrons. The number of hydrogen-bond acceptors (Lipinski definition) is 2. The zero-order valence-corrected chi connectivity index (χ0v) is 13.6. The van der Waals surface area contributed by atoms with Crippen molar-refractivity contribution in [2.24, 2.45) is 0 Å². The lowest BCUT2D eigenvalue weighted by Crippen LogP contribution is -2.26. The topological polar surface area (TPSA) is 29.1 Å². The summed E-state index contributed by atoms with van der Waals surface area (Å²) in [5.41, 5.74) is 0.640. The van der Waals surface area contributed by atoms with Crippen LogP contribution in [0, 0.1) is 0 Å². The Bertz CT molecular complexity index is 554. The van der Waals surface area contributed by atoms with E-state index < -0.39 is 0 Å². The highest BCUT2D eigenvalue weighted by Gasteiger charge is 2.14. The minimum atomic E-state index is -0.0738. The number of hydrogen-bond donors (Lipinski definition) is 1. The maximum atomic E-state index is 12.1. The van der Waals surface area contributed by atoms with Crippen LogP contribution in [0.2, 0.25) is 0 Å². The van der Waals surface area contributed by atoms with Crippen LogP contribution in [-0.4, -0.2) is 5.91 Å². The van der Waals surface area contributed by atoms with Crippen molar-refractivity contribution in [3.05, 3.63) is 55.1 Å². The van der Waals surface area contributed by atoms with E-state index in [1.807, 2.05) is 36.6 Å². The average molecular weight is 389 g/mol. The second-order valence-corrected chi connectivity index (χ2v) is 6.58. The molecule has 1 aromatic carbocycles. The highest BCUT2D eigenvalue weighted by Crippen LogP contribution is 2.23. The lowest BCUT2D eigenvalue weighted by Gasteiger charge is -2.13. The van der Waals surface area contributed by atoms with Crippen molar-refractivity contribution in [3.8, 4) is 0 Å². The standard InChI is InChI=1S/C13H11Br2NOS/c1-8(12-3-2-6-18-12)16-13(17)10-5-4-9(14)7-11(10)15/h2-8H,1H3,(H,16,17). The highest BCUT2D eigenvalue weighted by atomic mass is 79.9. The number of carbonyl (C=O) groups excluding carboxylic acids is 1. The van der Waals surface area contributed by atoms with Crippen LogP contribution in [0.4, 0.5) is 0 Å². The third kappa shape index (κ3) is 3.22. The van der Waals surface area contributed by atoms with Crippen LogP contribution in [0.25, 0.3) is 0 Å². The summed E-state index contributed by atoms with van der Waals surface area (Å²) < 4.78 is 1.73. The molecular weight excluding hydrogens is 378 g/mol. The van der Waals surface area contributed by atoms with E-state index in [9.17, 15) is 4.79 Å². The van der Waals surface area contributed by atoms with Crippen molar-refractivity contribution in [1.82, 2.24) is 5.32 Å². The summed E-state index contributed by atoms with van der Waals surface area (Å²) in [5, 5.41) is 4.99. The third-order valence-corrected chi connectivity index (χ3v) is 4.70. The van der Waals surface area contributed by atoms with Crippen LogP contribution in [-0.2, 0) is 0 Å². The van der Waals surface area contributed by atoms with Gasteiger partial charge in [-0.05, 0) is 52.5 Å². The normalized spacial score (nSPS) is 12.2. The summed E-state index contributed by atoms with van der Waals surface area (Å²) in [7, 11) is 0. The average Bonchev–Trinajstić information content (AvgIpc) is 2.81. The Morgan fingerprint density at radius 2 is 2.11 bits per heavy atom. The maximum absolute atomic E-state index is 12.1. The quantitative estimate of drug-likeness (QED) is 0.806. The molecule has 0 aliphatic carbocycles. The Hall–Kier alpha value is -0.650. The number of amides is 1. The summed E-state index contributed by atoms with van der Waals surface area (Å²) in [4.78, 5) is 13.3. The second kappa shape index (κ2) is 5.99. The van der Waals surface area contributed by atoms with Crippen LogP contribution in [0.15, 0.2) is 44.7 Å². The molecule has 0 aliphatic heterocycles. The number of rotatable bonds is 3. The molecule has 0 bridgehead atoms. The summed E-state index contributed by atoms with van der Waals surface area (Å²) in [5.74, 6) is -0.0738. The van der Waals surface area contributed by atoms with Gasteiger partial charge < -0.3 is 5.32 Å². The van der Waals surface area contributed by atoms with Gasteiger partial charge in [-0.3, -0.25) is 4.79 Å².